The van der Waals surface area contributed by atoms with Crippen molar-refractivity contribution in [3.8, 4) is 0 Å². The molecule has 0 N–H and O–H groups in total. The van der Waals surface area contributed by atoms with Crippen molar-refractivity contribution in [2.45, 2.75) is 44.6 Å². The molecular formula is C19H23N7O. The van der Waals surface area contributed by atoms with Gasteiger partial charge in [-0.05, 0) is 56.8 Å². The molecule has 140 valence electrons. The maximum Gasteiger partial charge on any atom is 0.268 e. The van der Waals surface area contributed by atoms with E-state index in [1.165, 1.54) is 23.9 Å². The molecule has 27 heavy (non-hydrogen) atoms. The van der Waals surface area contributed by atoms with Crippen molar-refractivity contribution >= 4 is 5.65 Å². The van der Waals surface area contributed by atoms with Crippen LogP contribution in [0.25, 0.3) is 5.65 Å². The van der Waals surface area contributed by atoms with E-state index in [9.17, 15) is 4.79 Å². The maximum absolute atomic E-state index is 11.8. The van der Waals surface area contributed by atoms with Crippen LogP contribution in [-0.2, 0) is 26.4 Å². The molecule has 1 saturated heterocycles. The molecular weight excluding hydrogens is 342 g/mol. The van der Waals surface area contributed by atoms with E-state index in [-0.39, 0.29) is 5.56 Å². The number of hydrogen-bond acceptors (Lipinski definition) is 6. The first-order valence-electron chi connectivity index (χ1n) is 9.65. The van der Waals surface area contributed by atoms with Gasteiger partial charge >= 0.3 is 0 Å². The van der Waals surface area contributed by atoms with Crippen molar-refractivity contribution in [3.05, 3.63) is 51.6 Å². The second-order valence-electron chi connectivity index (χ2n) is 7.64. The molecule has 0 saturated carbocycles. The molecule has 3 aromatic rings. The lowest BCUT2D eigenvalue weighted by Gasteiger charge is -2.31. The molecule has 0 radical (unpaired) electrons. The van der Waals surface area contributed by atoms with E-state index in [2.05, 4.69) is 26.1 Å². The number of hydrogen-bond donors (Lipinski definition) is 0. The van der Waals surface area contributed by atoms with E-state index in [4.69, 9.17) is 5.10 Å². The average molecular weight is 365 g/mol. The first kappa shape index (κ1) is 16.6. The monoisotopic (exact) mass is 365 g/mol. The zero-order chi connectivity index (χ0) is 18.4. The maximum atomic E-state index is 11.8. The normalized spacial score (nSPS) is 18.3. The van der Waals surface area contributed by atoms with Crippen LogP contribution in [0.1, 0.15) is 48.0 Å². The summed E-state index contributed by atoms with van der Waals surface area (Å²) in [6.07, 6.45) is 8.54. The number of aromatic nitrogens is 6. The number of likely N-dealkylation sites (tertiary alicyclic amines) is 1. The molecule has 0 atom stereocenters. The minimum atomic E-state index is -0.0593. The van der Waals surface area contributed by atoms with Gasteiger partial charge in [0.15, 0.2) is 11.5 Å². The molecule has 4 heterocycles. The third-order valence-electron chi connectivity index (χ3n) is 5.95. The largest absolute Gasteiger partial charge is 0.312 e. The second kappa shape index (κ2) is 6.53. The van der Waals surface area contributed by atoms with Gasteiger partial charge in [-0.15, -0.1) is 10.2 Å². The minimum Gasteiger partial charge on any atom is -0.312 e. The summed E-state index contributed by atoms with van der Waals surface area (Å²) < 4.78 is 3.64. The quantitative estimate of drug-likeness (QED) is 0.691. The Morgan fingerprint density at radius 2 is 2.00 bits per heavy atom. The minimum absolute atomic E-state index is 0.0593. The van der Waals surface area contributed by atoms with Crippen LogP contribution >= 0.6 is 0 Å². The van der Waals surface area contributed by atoms with Crippen molar-refractivity contribution in [1.29, 1.82) is 0 Å². The lowest BCUT2D eigenvalue weighted by Crippen LogP contribution is -2.35. The van der Waals surface area contributed by atoms with Gasteiger partial charge in [0.05, 0.1) is 17.6 Å². The van der Waals surface area contributed by atoms with Gasteiger partial charge in [0.2, 0.25) is 0 Å². The Hall–Kier alpha value is -2.61. The Morgan fingerprint density at radius 3 is 2.85 bits per heavy atom. The Kier molecular flexibility index (Phi) is 4.00. The van der Waals surface area contributed by atoms with Crippen molar-refractivity contribution in [2.24, 2.45) is 7.05 Å². The number of nitrogens with zero attached hydrogens (tertiary/aromatic N) is 7. The van der Waals surface area contributed by atoms with Gasteiger partial charge in [-0.25, -0.2) is 0 Å². The molecule has 1 aliphatic heterocycles. The summed E-state index contributed by atoms with van der Waals surface area (Å²) in [5.74, 6) is 1.37. The van der Waals surface area contributed by atoms with Crippen LogP contribution in [0.4, 0.5) is 0 Å². The molecule has 5 rings (SSSR count). The van der Waals surface area contributed by atoms with E-state index in [1.807, 2.05) is 4.52 Å². The SMILES string of the molecule is Cn1c(CN2CCC(c3nnc4cc5c(nn34)CCC5)CC2)cncc1=O. The zero-order valence-corrected chi connectivity index (χ0v) is 15.5. The van der Waals surface area contributed by atoms with Crippen molar-refractivity contribution < 1.29 is 0 Å². The van der Waals surface area contributed by atoms with Gasteiger partial charge in [0.25, 0.3) is 5.56 Å². The second-order valence-corrected chi connectivity index (χ2v) is 7.64. The highest BCUT2D eigenvalue weighted by atomic mass is 16.1. The molecule has 8 nitrogen and oxygen atoms in total. The van der Waals surface area contributed by atoms with Crippen LogP contribution in [0, 0.1) is 0 Å². The summed E-state index contributed by atoms with van der Waals surface area (Å²) >= 11 is 0. The number of piperidine rings is 1. The molecule has 0 spiro atoms. The summed E-state index contributed by atoms with van der Waals surface area (Å²) in [5.41, 5.74) is 4.30. The van der Waals surface area contributed by atoms with E-state index in [0.717, 1.165) is 62.5 Å². The molecule has 0 unspecified atom stereocenters. The van der Waals surface area contributed by atoms with Crippen molar-refractivity contribution in [3.63, 3.8) is 0 Å². The first-order chi connectivity index (χ1) is 13.2. The number of aryl methyl sites for hydroxylation is 2. The number of rotatable bonds is 3. The predicted molar refractivity (Wildman–Crippen MR) is 99.5 cm³/mol. The van der Waals surface area contributed by atoms with Gasteiger partial charge in [-0.1, -0.05) is 0 Å². The van der Waals surface area contributed by atoms with E-state index in [1.54, 1.807) is 17.8 Å². The summed E-state index contributed by atoms with van der Waals surface area (Å²) in [4.78, 5) is 18.2. The third-order valence-corrected chi connectivity index (χ3v) is 5.95. The summed E-state index contributed by atoms with van der Waals surface area (Å²) in [6, 6.07) is 2.16. The molecule has 0 aromatic carbocycles. The molecule has 8 heteroatoms. The zero-order valence-electron chi connectivity index (χ0n) is 15.5. The Labute approximate surface area is 156 Å². The fourth-order valence-electron chi connectivity index (χ4n) is 4.28. The Bertz CT molecular complexity index is 1050. The van der Waals surface area contributed by atoms with Crippen LogP contribution in [0.3, 0.4) is 0 Å². The Balaban J connectivity index is 1.31. The van der Waals surface area contributed by atoms with Gasteiger partial charge in [0.1, 0.15) is 0 Å². The molecule has 1 fully saturated rings. The van der Waals surface area contributed by atoms with Gasteiger partial charge < -0.3 is 4.57 Å². The number of fused-ring (bicyclic) bond motifs is 2. The highest BCUT2D eigenvalue weighted by Gasteiger charge is 2.26. The molecule has 1 aliphatic carbocycles. The predicted octanol–water partition coefficient (Wildman–Crippen LogP) is 1.09. The van der Waals surface area contributed by atoms with E-state index >= 15 is 0 Å². The van der Waals surface area contributed by atoms with Gasteiger partial charge in [-0.2, -0.15) is 9.61 Å². The fraction of sp³-hybridized carbons (Fsp3) is 0.526. The van der Waals surface area contributed by atoms with Crippen LogP contribution in [0.5, 0.6) is 0 Å². The highest BCUT2D eigenvalue weighted by Crippen LogP contribution is 2.28. The lowest BCUT2D eigenvalue weighted by atomic mass is 9.96. The molecule has 3 aromatic heterocycles. The standard InChI is InChI=1S/C19H23N7O/c1-24-15(10-20-11-18(24)27)12-25-7-5-13(6-8-25)19-22-21-17-9-14-3-2-4-16(14)23-26(17)19/h9-11,13H,2-8,12H2,1H3. The average Bonchev–Trinajstić information content (AvgIpc) is 3.30. The van der Waals surface area contributed by atoms with Gasteiger partial charge in [0, 0.05) is 25.7 Å². The van der Waals surface area contributed by atoms with Crippen LogP contribution in [0.15, 0.2) is 23.3 Å². The molecule has 2 aliphatic rings. The molecule has 0 amide bonds. The van der Waals surface area contributed by atoms with Crippen LogP contribution < -0.4 is 5.56 Å². The summed E-state index contributed by atoms with van der Waals surface area (Å²) in [7, 11) is 1.80. The van der Waals surface area contributed by atoms with E-state index < -0.39 is 0 Å². The fourth-order valence-corrected chi connectivity index (χ4v) is 4.28. The smallest absolute Gasteiger partial charge is 0.268 e. The topological polar surface area (TPSA) is 81.2 Å². The van der Waals surface area contributed by atoms with Crippen LogP contribution in [0.2, 0.25) is 0 Å². The summed E-state index contributed by atoms with van der Waals surface area (Å²) in [5, 5.41) is 13.7. The third kappa shape index (κ3) is 2.93. The van der Waals surface area contributed by atoms with Crippen LogP contribution in [-0.4, -0.2) is 47.4 Å². The highest BCUT2D eigenvalue weighted by molar-refractivity contribution is 5.43. The Morgan fingerprint density at radius 1 is 1.15 bits per heavy atom. The summed E-state index contributed by atoms with van der Waals surface area (Å²) in [6.45, 7) is 2.68. The van der Waals surface area contributed by atoms with Crippen molar-refractivity contribution in [2.75, 3.05) is 13.1 Å². The van der Waals surface area contributed by atoms with Gasteiger partial charge in [-0.3, -0.25) is 14.7 Å². The first-order valence-corrected chi connectivity index (χ1v) is 9.65. The van der Waals surface area contributed by atoms with Crippen molar-refractivity contribution in [1.82, 2.24) is 34.3 Å². The molecule has 0 bridgehead atoms. The lowest BCUT2D eigenvalue weighted by molar-refractivity contribution is 0.196. The van der Waals surface area contributed by atoms with E-state index in [0.29, 0.717) is 5.92 Å².